The van der Waals surface area contributed by atoms with Gasteiger partial charge in [0.1, 0.15) is 24.7 Å². The van der Waals surface area contributed by atoms with Crippen molar-refractivity contribution in [2.24, 2.45) is 0 Å². The zero-order chi connectivity index (χ0) is 30.5. The number of esters is 2. The lowest BCUT2D eigenvalue weighted by atomic mass is 9.87. The molecular formula is C38H30O6. The number of fused-ring (bicyclic) bond motifs is 6. The summed E-state index contributed by atoms with van der Waals surface area (Å²) < 4.78 is 23.3. The minimum Gasteiger partial charge on any atom is -0.481 e. The van der Waals surface area contributed by atoms with Crippen LogP contribution in [-0.2, 0) is 19.1 Å². The van der Waals surface area contributed by atoms with Gasteiger partial charge in [0.15, 0.2) is 13.2 Å². The number of ether oxygens (including phenoxy) is 4. The van der Waals surface area contributed by atoms with Crippen molar-refractivity contribution >= 4 is 55.0 Å². The van der Waals surface area contributed by atoms with Crippen molar-refractivity contribution in [2.45, 2.75) is 0 Å². The molecule has 6 nitrogen and oxygen atoms in total. The molecule has 0 fully saturated rings. The molecule has 6 aromatic carbocycles. The average molecular weight is 583 g/mol. The summed E-state index contributed by atoms with van der Waals surface area (Å²) in [4.78, 5) is 25.3. The van der Waals surface area contributed by atoms with Gasteiger partial charge in [-0.3, -0.25) is 0 Å². The molecule has 0 saturated carbocycles. The summed E-state index contributed by atoms with van der Waals surface area (Å²) in [5.41, 5.74) is 1.49. The molecule has 0 heterocycles. The highest BCUT2D eigenvalue weighted by Gasteiger charge is 2.25. The van der Waals surface area contributed by atoms with Gasteiger partial charge in [0.2, 0.25) is 0 Å². The molecule has 6 rings (SSSR count). The predicted molar refractivity (Wildman–Crippen MR) is 175 cm³/mol. The number of hydrogen-bond donors (Lipinski definition) is 0. The van der Waals surface area contributed by atoms with Crippen LogP contribution >= 0.6 is 0 Å². The number of hydrogen-bond acceptors (Lipinski definition) is 6. The molecule has 0 aliphatic rings. The van der Waals surface area contributed by atoms with Crippen LogP contribution < -0.4 is 9.47 Å². The third-order valence-electron chi connectivity index (χ3n) is 7.41. The predicted octanol–water partition coefficient (Wildman–Crippen LogP) is 8.18. The maximum Gasteiger partial charge on any atom is 0.344 e. The van der Waals surface area contributed by atoms with E-state index in [1.807, 2.05) is 84.9 Å². The Morgan fingerprint density at radius 3 is 1.11 bits per heavy atom. The van der Waals surface area contributed by atoms with E-state index in [1.54, 1.807) is 0 Å². The van der Waals surface area contributed by atoms with Crippen LogP contribution in [-0.4, -0.2) is 38.4 Å². The summed E-state index contributed by atoms with van der Waals surface area (Å²) in [7, 11) is 0. The van der Waals surface area contributed by atoms with Gasteiger partial charge in [-0.05, 0) is 32.3 Å². The Morgan fingerprint density at radius 2 is 0.773 bits per heavy atom. The van der Waals surface area contributed by atoms with Gasteiger partial charge in [0, 0.05) is 21.9 Å². The molecule has 0 saturated heterocycles. The molecule has 44 heavy (non-hydrogen) atoms. The highest BCUT2D eigenvalue weighted by atomic mass is 16.6. The van der Waals surface area contributed by atoms with Gasteiger partial charge >= 0.3 is 11.9 Å². The topological polar surface area (TPSA) is 71.1 Å². The molecule has 0 spiro atoms. The van der Waals surface area contributed by atoms with Crippen LogP contribution in [0.25, 0.3) is 54.2 Å². The van der Waals surface area contributed by atoms with E-state index in [4.69, 9.17) is 18.9 Å². The van der Waals surface area contributed by atoms with Gasteiger partial charge in [-0.25, -0.2) is 9.59 Å². The zero-order valence-electron chi connectivity index (χ0n) is 24.1. The Hall–Kier alpha value is -5.62. The molecule has 0 radical (unpaired) electrons. The molecule has 0 bridgehead atoms. The summed E-state index contributed by atoms with van der Waals surface area (Å²) >= 11 is 0. The summed E-state index contributed by atoms with van der Waals surface area (Å²) in [6.07, 6.45) is 3.03. The molecule has 6 aromatic rings. The normalized spacial score (nSPS) is 11.0. The van der Waals surface area contributed by atoms with Crippen molar-refractivity contribution in [3.63, 3.8) is 0 Å². The van der Waals surface area contributed by atoms with Gasteiger partial charge in [-0.2, -0.15) is 0 Å². The Labute approximate surface area is 254 Å². The number of carbonyl (C=O) groups excluding carboxylic acids is 2. The molecule has 218 valence electrons. The molecule has 0 aliphatic carbocycles. The van der Waals surface area contributed by atoms with Crippen LogP contribution in [0.3, 0.4) is 0 Å². The summed E-state index contributed by atoms with van der Waals surface area (Å²) in [6, 6.07) is 32.0. The van der Waals surface area contributed by atoms with Gasteiger partial charge in [-0.1, -0.05) is 122 Å². The third-order valence-corrected chi connectivity index (χ3v) is 7.41. The van der Waals surface area contributed by atoms with Crippen LogP contribution in [0.2, 0.25) is 0 Å². The van der Waals surface area contributed by atoms with E-state index < -0.39 is 11.9 Å². The lowest BCUT2D eigenvalue weighted by Gasteiger charge is -2.23. The molecule has 0 atom stereocenters. The quantitative estimate of drug-likeness (QED) is 0.0872. The van der Waals surface area contributed by atoms with Gasteiger partial charge < -0.3 is 18.9 Å². The maximum absolute atomic E-state index is 12.7. The molecule has 0 amide bonds. The minimum atomic E-state index is -0.516. The van der Waals surface area contributed by atoms with Crippen molar-refractivity contribution in [2.75, 3.05) is 26.4 Å². The highest BCUT2D eigenvalue weighted by molar-refractivity contribution is 6.25. The standard InChI is InChI=1S/C38H30O6/c1-3-21-41-33(39)23-43-37-31-19-11-7-15-27(31)25-13-5-9-17-29(25)35(37)36-30-18-10-6-14-26(30)28-16-8-12-20-32(28)38(36)44-24-34(40)42-22-4-2/h3-20H,1-2,21-24H2. The van der Waals surface area contributed by atoms with Gasteiger partial charge in [-0.15, -0.1) is 0 Å². The van der Waals surface area contributed by atoms with Crippen LogP contribution in [0, 0.1) is 0 Å². The first-order chi connectivity index (χ1) is 21.6. The zero-order valence-corrected chi connectivity index (χ0v) is 24.1. The molecular weight excluding hydrogens is 552 g/mol. The number of benzene rings is 6. The second kappa shape index (κ2) is 12.7. The van der Waals surface area contributed by atoms with Crippen molar-refractivity contribution in [3.05, 3.63) is 122 Å². The largest absolute Gasteiger partial charge is 0.481 e. The smallest absolute Gasteiger partial charge is 0.344 e. The SMILES string of the molecule is C=CCOC(=O)COc1c(-c2c(OCC(=O)OCC=C)c3ccccc3c3ccccc23)c2ccccc2c2ccccc12. The Bertz CT molecular complexity index is 1910. The number of rotatable bonds is 11. The highest BCUT2D eigenvalue weighted by Crippen LogP contribution is 2.51. The fraction of sp³-hybridized carbons (Fsp3) is 0.105. The van der Waals surface area contributed by atoms with E-state index in [0.29, 0.717) is 11.5 Å². The second-order valence-electron chi connectivity index (χ2n) is 10.1. The number of carbonyl (C=O) groups is 2. The molecule has 6 heteroatoms. The van der Waals surface area contributed by atoms with E-state index in [-0.39, 0.29) is 26.4 Å². The fourth-order valence-corrected chi connectivity index (χ4v) is 5.66. The Morgan fingerprint density at radius 1 is 0.477 bits per heavy atom. The second-order valence-corrected chi connectivity index (χ2v) is 10.1. The van der Waals surface area contributed by atoms with Crippen molar-refractivity contribution < 1.29 is 28.5 Å². The Kier molecular flexibility index (Phi) is 8.23. The summed E-state index contributed by atoms with van der Waals surface area (Å²) in [6.45, 7) is 6.80. The lowest BCUT2D eigenvalue weighted by molar-refractivity contribution is -0.145. The monoisotopic (exact) mass is 582 g/mol. The lowest BCUT2D eigenvalue weighted by Crippen LogP contribution is -2.16. The van der Waals surface area contributed by atoms with E-state index in [2.05, 4.69) is 25.3 Å². The molecule has 0 aromatic heterocycles. The van der Waals surface area contributed by atoms with Crippen molar-refractivity contribution in [1.29, 1.82) is 0 Å². The van der Waals surface area contributed by atoms with Crippen molar-refractivity contribution in [1.82, 2.24) is 0 Å². The van der Waals surface area contributed by atoms with Gasteiger partial charge in [0.25, 0.3) is 0 Å². The van der Waals surface area contributed by atoms with Crippen LogP contribution in [0.5, 0.6) is 11.5 Å². The first kappa shape index (κ1) is 28.5. The van der Waals surface area contributed by atoms with Crippen LogP contribution in [0.15, 0.2) is 122 Å². The van der Waals surface area contributed by atoms with E-state index in [0.717, 1.165) is 54.2 Å². The van der Waals surface area contributed by atoms with E-state index >= 15 is 0 Å². The van der Waals surface area contributed by atoms with Gasteiger partial charge in [0.05, 0.1) is 0 Å². The van der Waals surface area contributed by atoms with Crippen LogP contribution in [0.1, 0.15) is 0 Å². The average Bonchev–Trinajstić information content (AvgIpc) is 3.07. The summed E-state index contributed by atoms with van der Waals surface area (Å²) in [5.74, 6) is -0.0143. The van der Waals surface area contributed by atoms with Crippen LogP contribution in [0.4, 0.5) is 0 Å². The van der Waals surface area contributed by atoms with E-state index in [1.165, 1.54) is 12.2 Å². The first-order valence-corrected chi connectivity index (χ1v) is 14.3. The molecule has 0 unspecified atom stereocenters. The summed E-state index contributed by atoms with van der Waals surface area (Å²) in [5, 5.41) is 7.42. The Balaban J connectivity index is 1.70. The maximum atomic E-state index is 12.7. The first-order valence-electron chi connectivity index (χ1n) is 14.3. The minimum absolute atomic E-state index is 0.0861. The third kappa shape index (κ3) is 5.34. The fourth-order valence-electron chi connectivity index (χ4n) is 5.66. The molecule has 0 aliphatic heterocycles. The molecule has 0 N–H and O–H groups in total. The van der Waals surface area contributed by atoms with Crippen molar-refractivity contribution in [3.8, 4) is 22.6 Å². The van der Waals surface area contributed by atoms with E-state index in [9.17, 15) is 9.59 Å².